The SMILES string of the molecule is NC1[C@@H]2CC[C@H]1CNC2. The van der Waals surface area contributed by atoms with Crippen LogP contribution in [-0.2, 0) is 0 Å². The quantitative estimate of drug-likeness (QED) is 0.477. The van der Waals surface area contributed by atoms with Crippen molar-refractivity contribution in [3.8, 4) is 0 Å². The predicted molar refractivity (Wildman–Crippen MR) is 37.1 cm³/mol. The fraction of sp³-hybridized carbons (Fsp3) is 1.00. The lowest BCUT2D eigenvalue weighted by Gasteiger charge is -2.26. The van der Waals surface area contributed by atoms with Crippen molar-refractivity contribution in [1.29, 1.82) is 0 Å². The van der Waals surface area contributed by atoms with Gasteiger partial charge in [0.15, 0.2) is 0 Å². The highest BCUT2D eigenvalue weighted by Crippen LogP contribution is 2.31. The summed E-state index contributed by atoms with van der Waals surface area (Å²) in [5.41, 5.74) is 5.94. The number of nitrogens with one attached hydrogen (secondary N) is 1. The zero-order chi connectivity index (χ0) is 6.27. The molecular formula is C7H14N2. The molecule has 0 spiro atoms. The summed E-state index contributed by atoms with van der Waals surface area (Å²) in [5, 5.41) is 3.40. The molecule has 1 aliphatic heterocycles. The lowest BCUT2D eigenvalue weighted by molar-refractivity contribution is 0.323. The highest BCUT2D eigenvalue weighted by molar-refractivity contribution is 4.93. The van der Waals surface area contributed by atoms with Crippen molar-refractivity contribution in [2.75, 3.05) is 13.1 Å². The summed E-state index contributed by atoms with van der Waals surface area (Å²) in [5.74, 6) is 1.59. The second-order valence-corrected chi connectivity index (χ2v) is 3.33. The molecule has 2 heteroatoms. The summed E-state index contributed by atoms with van der Waals surface area (Å²) in [4.78, 5) is 0. The van der Waals surface area contributed by atoms with Gasteiger partial charge in [0.25, 0.3) is 0 Å². The summed E-state index contributed by atoms with van der Waals surface area (Å²) in [6, 6.07) is 0.520. The molecule has 1 aliphatic carbocycles. The number of nitrogens with two attached hydrogens (primary N) is 1. The molecule has 2 aliphatic rings. The zero-order valence-corrected chi connectivity index (χ0v) is 5.64. The Hall–Kier alpha value is -0.0800. The Morgan fingerprint density at radius 2 is 1.67 bits per heavy atom. The molecule has 0 aromatic heterocycles. The average Bonchev–Trinajstić information content (AvgIpc) is 2.19. The van der Waals surface area contributed by atoms with Gasteiger partial charge in [-0.2, -0.15) is 0 Å². The lowest BCUT2D eigenvalue weighted by Crippen LogP contribution is -2.46. The fourth-order valence-corrected chi connectivity index (χ4v) is 2.13. The molecule has 1 heterocycles. The molecule has 0 aromatic rings. The number of piperidine rings is 1. The number of hydrogen-bond donors (Lipinski definition) is 2. The van der Waals surface area contributed by atoms with E-state index in [0.717, 1.165) is 24.9 Å². The third kappa shape index (κ3) is 0.775. The van der Waals surface area contributed by atoms with E-state index in [-0.39, 0.29) is 0 Å². The molecular weight excluding hydrogens is 112 g/mol. The Balaban J connectivity index is 2.10. The molecule has 1 saturated heterocycles. The molecule has 1 saturated carbocycles. The van der Waals surface area contributed by atoms with Crippen LogP contribution in [-0.4, -0.2) is 19.1 Å². The van der Waals surface area contributed by atoms with Gasteiger partial charge in [0.2, 0.25) is 0 Å². The van der Waals surface area contributed by atoms with Gasteiger partial charge in [0.1, 0.15) is 0 Å². The van der Waals surface area contributed by atoms with Crippen molar-refractivity contribution in [1.82, 2.24) is 5.32 Å². The van der Waals surface area contributed by atoms with Gasteiger partial charge in [-0.05, 0) is 37.8 Å². The molecule has 52 valence electrons. The molecule has 2 nitrogen and oxygen atoms in total. The predicted octanol–water partition coefficient (Wildman–Crippen LogP) is -0.0569. The van der Waals surface area contributed by atoms with E-state index < -0.39 is 0 Å². The second kappa shape index (κ2) is 1.96. The third-order valence-electron chi connectivity index (χ3n) is 2.81. The van der Waals surface area contributed by atoms with Crippen molar-refractivity contribution < 1.29 is 0 Å². The van der Waals surface area contributed by atoms with Gasteiger partial charge in [-0.1, -0.05) is 0 Å². The van der Waals surface area contributed by atoms with E-state index in [9.17, 15) is 0 Å². The first kappa shape index (κ1) is 5.69. The molecule has 9 heavy (non-hydrogen) atoms. The van der Waals surface area contributed by atoms with Crippen LogP contribution < -0.4 is 11.1 Å². The smallest absolute Gasteiger partial charge is 0.0120 e. The van der Waals surface area contributed by atoms with Crippen LogP contribution in [0, 0.1) is 11.8 Å². The van der Waals surface area contributed by atoms with Gasteiger partial charge >= 0.3 is 0 Å². The van der Waals surface area contributed by atoms with Gasteiger partial charge in [-0.3, -0.25) is 0 Å². The fourth-order valence-electron chi connectivity index (χ4n) is 2.13. The van der Waals surface area contributed by atoms with Crippen LogP contribution in [0.1, 0.15) is 12.8 Å². The van der Waals surface area contributed by atoms with E-state index in [0.29, 0.717) is 6.04 Å². The van der Waals surface area contributed by atoms with Gasteiger partial charge in [0.05, 0.1) is 0 Å². The Kier molecular flexibility index (Phi) is 1.24. The summed E-state index contributed by atoms with van der Waals surface area (Å²) < 4.78 is 0. The van der Waals surface area contributed by atoms with E-state index in [4.69, 9.17) is 5.73 Å². The van der Waals surface area contributed by atoms with Crippen LogP contribution in [0.3, 0.4) is 0 Å². The molecule has 2 fully saturated rings. The van der Waals surface area contributed by atoms with Crippen molar-refractivity contribution in [2.24, 2.45) is 17.6 Å². The lowest BCUT2D eigenvalue weighted by atomic mass is 9.95. The van der Waals surface area contributed by atoms with Gasteiger partial charge in [0, 0.05) is 6.04 Å². The first-order valence-electron chi connectivity index (χ1n) is 3.84. The van der Waals surface area contributed by atoms with Crippen LogP contribution >= 0.6 is 0 Å². The highest BCUT2D eigenvalue weighted by atomic mass is 14.9. The van der Waals surface area contributed by atoms with Crippen molar-refractivity contribution in [2.45, 2.75) is 18.9 Å². The Morgan fingerprint density at radius 1 is 1.11 bits per heavy atom. The summed E-state index contributed by atoms with van der Waals surface area (Å²) in [6.07, 6.45) is 2.72. The number of hydrogen-bond acceptors (Lipinski definition) is 2. The zero-order valence-electron chi connectivity index (χ0n) is 5.64. The Morgan fingerprint density at radius 3 is 2.11 bits per heavy atom. The largest absolute Gasteiger partial charge is 0.327 e. The van der Waals surface area contributed by atoms with E-state index in [1.54, 1.807) is 0 Å². The number of rotatable bonds is 0. The molecule has 0 radical (unpaired) electrons. The van der Waals surface area contributed by atoms with Crippen molar-refractivity contribution in [3.05, 3.63) is 0 Å². The summed E-state index contributed by atoms with van der Waals surface area (Å²) in [7, 11) is 0. The first-order chi connectivity index (χ1) is 4.38. The average molecular weight is 126 g/mol. The van der Waals surface area contributed by atoms with Crippen molar-refractivity contribution >= 4 is 0 Å². The molecule has 1 unspecified atom stereocenters. The Bertz CT molecular complexity index is 97.5. The van der Waals surface area contributed by atoms with Gasteiger partial charge in [-0.15, -0.1) is 0 Å². The summed E-state index contributed by atoms with van der Waals surface area (Å²) in [6.45, 7) is 2.33. The van der Waals surface area contributed by atoms with Gasteiger partial charge < -0.3 is 11.1 Å². The van der Waals surface area contributed by atoms with Gasteiger partial charge in [-0.25, -0.2) is 0 Å². The molecule has 0 aromatic carbocycles. The van der Waals surface area contributed by atoms with E-state index >= 15 is 0 Å². The van der Waals surface area contributed by atoms with E-state index in [2.05, 4.69) is 5.32 Å². The van der Waals surface area contributed by atoms with Crippen LogP contribution in [0.15, 0.2) is 0 Å². The maximum atomic E-state index is 5.94. The maximum Gasteiger partial charge on any atom is 0.0120 e. The minimum Gasteiger partial charge on any atom is -0.327 e. The Labute approximate surface area is 55.8 Å². The molecule has 3 N–H and O–H groups in total. The van der Waals surface area contributed by atoms with Crippen LogP contribution in [0.2, 0.25) is 0 Å². The van der Waals surface area contributed by atoms with Crippen LogP contribution in [0.5, 0.6) is 0 Å². The second-order valence-electron chi connectivity index (χ2n) is 3.33. The molecule has 0 amide bonds. The third-order valence-corrected chi connectivity index (χ3v) is 2.81. The number of fused-ring (bicyclic) bond motifs is 2. The minimum absolute atomic E-state index is 0.520. The maximum absolute atomic E-state index is 5.94. The normalized spacial score (nSPS) is 49.7. The van der Waals surface area contributed by atoms with Crippen LogP contribution in [0.25, 0.3) is 0 Å². The van der Waals surface area contributed by atoms with Crippen molar-refractivity contribution in [3.63, 3.8) is 0 Å². The summed E-state index contributed by atoms with van der Waals surface area (Å²) >= 11 is 0. The topological polar surface area (TPSA) is 38.0 Å². The highest BCUT2D eigenvalue weighted by Gasteiger charge is 2.35. The standard InChI is InChI=1S/C7H14N2/c8-7-5-1-2-6(7)4-9-3-5/h5-7,9H,1-4,8H2/t5-,6+,7?. The van der Waals surface area contributed by atoms with Crippen LogP contribution in [0.4, 0.5) is 0 Å². The monoisotopic (exact) mass is 126 g/mol. The minimum atomic E-state index is 0.520. The van der Waals surface area contributed by atoms with E-state index in [1.165, 1.54) is 12.8 Å². The first-order valence-corrected chi connectivity index (χ1v) is 3.84. The van der Waals surface area contributed by atoms with E-state index in [1.807, 2.05) is 0 Å². The molecule has 2 rings (SSSR count). The molecule has 2 bridgehead atoms. The molecule has 3 atom stereocenters.